The summed E-state index contributed by atoms with van der Waals surface area (Å²) in [6.45, 7) is 6.50. The van der Waals surface area contributed by atoms with Crippen LogP contribution in [0.3, 0.4) is 0 Å². The Morgan fingerprint density at radius 3 is 1.86 bits per heavy atom. The Labute approximate surface area is 136 Å². The Hall–Kier alpha value is -1.12. The van der Waals surface area contributed by atoms with Crippen molar-refractivity contribution in [1.82, 2.24) is 0 Å². The smallest absolute Gasteiger partial charge is 0.105 e. The number of aliphatic hydroxyl groups excluding tert-OH is 1. The molecule has 0 saturated heterocycles. The molecule has 0 bridgehead atoms. The van der Waals surface area contributed by atoms with Gasteiger partial charge in [-0.2, -0.15) is 0 Å². The fourth-order valence-electron chi connectivity index (χ4n) is 2.80. The average Bonchev–Trinajstić information content (AvgIpc) is 2.53. The van der Waals surface area contributed by atoms with E-state index in [9.17, 15) is 5.11 Å². The van der Waals surface area contributed by atoms with Crippen LogP contribution in [0, 0.1) is 0 Å². The molecule has 0 aliphatic heterocycles. The van der Waals surface area contributed by atoms with E-state index in [1.807, 2.05) is 24.3 Å². The standard InChI is InChI=1S/C19H23BrO/c1-4-13-11-14(5-2)18(15(6-3)12-13)19(21)16-7-9-17(20)10-8-16/h7-12,19,21H,4-6H2,1-3H3. The molecule has 112 valence electrons. The van der Waals surface area contributed by atoms with Gasteiger partial charge in [-0.25, -0.2) is 0 Å². The lowest BCUT2D eigenvalue weighted by Crippen LogP contribution is -2.08. The van der Waals surface area contributed by atoms with Crippen LogP contribution in [0.5, 0.6) is 0 Å². The van der Waals surface area contributed by atoms with Crippen LogP contribution in [-0.2, 0) is 19.3 Å². The second-order valence-corrected chi connectivity index (χ2v) is 6.26. The van der Waals surface area contributed by atoms with Crippen LogP contribution in [0.2, 0.25) is 0 Å². The van der Waals surface area contributed by atoms with Crippen LogP contribution in [0.1, 0.15) is 54.7 Å². The van der Waals surface area contributed by atoms with Crippen LogP contribution in [-0.4, -0.2) is 5.11 Å². The lowest BCUT2D eigenvalue weighted by Gasteiger charge is -2.21. The van der Waals surface area contributed by atoms with Crippen molar-refractivity contribution in [3.8, 4) is 0 Å². The first kappa shape index (κ1) is 16.3. The first-order valence-corrected chi connectivity index (χ1v) is 8.48. The van der Waals surface area contributed by atoms with Crippen molar-refractivity contribution in [2.75, 3.05) is 0 Å². The summed E-state index contributed by atoms with van der Waals surface area (Å²) in [5.74, 6) is 0. The van der Waals surface area contributed by atoms with Gasteiger partial charge in [-0.15, -0.1) is 0 Å². The molecule has 0 radical (unpaired) electrons. The summed E-state index contributed by atoms with van der Waals surface area (Å²) in [6, 6.07) is 12.4. The summed E-state index contributed by atoms with van der Waals surface area (Å²) in [6.07, 6.45) is 2.39. The minimum Gasteiger partial charge on any atom is -0.384 e. The van der Waals surface area contributed by atoms with Crippen LogP contribution >= 0.6 is 15.9 Å². The third kappa shape index (κ3) is 3.56. The van der Waals surface area contributed by atoms with Gasteiger partial charge >= 0.3 is 0 Å². The molecule has 0 amide bonds. The van der Waals surface area contributed by atoms with Crippen LogP contribution in [0.25, 0.3) is 0 Å². The second-order valence-electron chi connectivity index (χ2n) is 5.34. The van der Waals surface area contributed by atoms with Crippen LogP contribution < -0.4 is 0 Å². The van der Waals surface area contributed by atoms with Crippen molar-refractivity contribution in [3.05, 3.63) is 68.7 Å². The van der Waals surface area contributed by atoms with Gasteiger partial charge in [-0.05, 0) is 59.2 Å². The molecule has 2 aromatic carbocycles. The quantitative estimate of drug-likeness (QED) is 0.786. The van der Waals surface area contributed by atoms with Crippen molar-refractivity contribution < 1.29 is 5.11 Å². The maximum absolute atomic E-state index is 10.9. The second kappa shape index (κ2) is 7.24. The van der Waals surface area contributed by atoms with Crippen molar-refractivity contribution in [1.29, 1.82) is 0 Å². The van der Waals surface area contributed by atoms with Crippen molar-refractivity contribution in [3.63, 3.8) is 0 Å². The topological polar surface area (TPSA) is 20.2 Å². The van der Waals surface area contributed by atoms with Gasteiger partial charge in [0, 0.05) is 4.47 Å². The molecule has 1 N–H and O–H groups in total. The number of aliphatic hydroxyl groups is 1. The number of benzene rings is 2. The molecule has 0 aliphatic rings. The first-order chi connectivity index (χ1) is 10.1. The maximum Gasteiger partial charge on any atom is 0.105 e. The maximum atomic E-state index is 10.9. The summed E-state index contributed by atoms with van der Waals surface area (Å²) in [5, 5.41) is 10.9. The lowest BCUT2D eigenvalue weighted by atomic mass is 9.88. The van der Waals surface area contributed by atoms with E-state index < -0.39 is 6.10 Å². The molecule has 21 heavy (non-hydrogen) atoms. The predicted octanol–water partition coefficient (Wildman–Crippen LogP) is 5.22. The van der Waals surface area contributed by atoms with E-state index >= 15 is 0 Å². The van der Waals surface area contributed by atoms with E-state index in [0.717, 1.165) is 34.9 Å². The normalized spacial score (nSPS) is 12.4. The molecule has 2 rings (SSSR count). The number of halogens is 1. The van der Waals surface area contributed by atoms with Gasteiger partial charge in [0.2, 0.25) is 0 Å². The van der Waals surface area contributed by atoms with Crippen LogP contribution in [0.4, 0.5) is 0 Å². The third-order valence-corrected chi connectivity index (χ3v) is 4.57. The molecule has 0 aromatic heterocycles. The summed E-state index contributed by atoms with van der Waals surface area (Å²) in [5.41, 5.74) is 5.94. The molecule has 0 heterocycles. The summed E-state index contributed by atoms with van der Waals surface area (Å²) in [4.78, 5) is 0. The molecular weight excluding hydrogens is 324 g/mol. The summed E-state index contributed by atoms with van der Waals surface area (Å²) in [7, 11) is 0. The van der Waals surface area contributed by atoms with E-state index in [0.29, 0.717) is 0 Å². The Morgan fingerprint density at radius 1 is 0.905 bits per heavy atom. The lowest BCUT2D eigenvalue weighted by molar-refractivity contribution is 0.218. The number of aryl methyl sites for hydroxylation is 3. The van der Waals surface area contributed by atoms with Gasteiger partial charge in [0.15, 0.2) is 0 Å². The fraction of sp³-hybridized carbons (Fsp3) is 0.368. The van der Waals surface area contributed by atoms with Gasteiger partial charge in [-0.1, -0.05) is 61.0 Å². The van der Waals surface area contributed by atoms with Crippen molar-refractivity contribution in [2.45, 2.75) is 46.1 Å². The minimum absolute atomic E-state index is 0.547. The third-order valence-electron chi connectivity index (χ3n) is 4.04. The Morgan fingerprint density at radius 2 is 1.43 bits per heavy atom. The van der Waals surface area contributed by atoms with Gasteiger partial charge in [0.25, 0.3) is 0 Å². The average molecular weight is 347 g/mol. The molecule has 0 aliphatic carbocycles. The zero-order valence-corrected chi connectivity index (χ0v) is 14.6. The highest BCUT2D eigenvalue weighted by molar-refractivity contribution is 9.10. The molecule has 0 spiro atoms. The summed E-state index contributed by atoms with van der Waals surface area (Å²) >= 11 is 3.44. The monoisotopic (exact) mass is 346 g/mol. The SMILES string of the molecule is CCc1cc(CC)c(C(O)c2ccc(Br)cc2)c(CC)c1. The highest BCUT2D eigenvalue weighted by Crippen LogP contribution is 2.31. The molecular formula is C19H23BrO. The van der Waals surface area contributed by atoms with E-state index in [2.05, 4.69) is 48.8 Å². The first-order valence-electron chi connectivity index (χ1n) is 7.68. The number of hydrogen-bond acceptors (Lipinski definition) is 1. The highest BCUT2D eigenvalue weighted by Gasteiger charge is 2.18. The largest absolute Gasteiger partial charge is 0.384 e. The van der Waals surface area contributed by atoms with E-state index in [1.165, 1.54) is 16.7 Å². The van der Waals surface area contributed by atoms with E-state index in [-0.39, 0.29) is 0 Å². The molecule has 2 heteroatoms. The molecule has 0 saturated carbocycles. The fourth-order valence-corrected chi connectivity index (χ4v) is 3.07. The minimum atomic E-state index is -0.547. The van der Waals surface area contributed by atoms with Gasteiger partial charge in [0.05, 0.1) is 0 Å². The zero-order valence-electron chi connectivity index (χ0n) is 13.0. The highest BCUT2D eigenvalue weighted by atomic mass is 79.9. The van der Waals surface area contributed by atoms with E-state index in [1.54, 1.807) is 0 Å². The molecule has 1 nitrogen and oxygen atoms in total. The molecule has 1 atom stereocenters. The molecule has 0 fully saturated rings. The molecule has 2 aromatic rings. The van der Waals surface area contributed by atoms with Crippen molar-refractivity contribution >= 4 is 15.9 Å². The Bertz CT molecular complexity index is 576. The van der Waals surface area contributed by atoms with Gasteiger partial charge in [0.1, 0.15) is 6.10 Å². The van der Waals surface area contributed by atoms with Gasteiger partial charge < -0.3 is 5.11 Å². The Balaban J connectivity index is 2.52. The molecule has 1 unspecified atom stereocenters. The summed E-state index contributed by atoms with van der Waals surface area (Å²) < 4.78 is 1.03. The number of hydrogen-bond donors (Lipinski definition) is 1. The number of rotatable bonds is 5. The van der Waals surface area contributed by atoms with Crippen LogP contribution in [0.15, 0.2) is 40.9 Å². The predicted molar refractivity (Wildman–Crippen MR) is 92.8 cm³/mol. The zero-order chi connectivity index (χ0) is 15.4. The van der Waals surface area contributed by atoms with E-state index in [4.69, 9.17) is 0 Å². The Kier molecular flexibility index (Phi) is 5.60. The van der Waals surface area contributed by atoms with Gasteiger partial charge in [-0.3, -0.25) is 0 Å². The van der Waals surface area contributed by atoms with Crippen molar-refractivity contribution in [2.24, 2.45) is 0 Å².